The Morgan fingerprint density at radius 2 is 1.63 bits per heavy atom. The number of sulfonamides is 1. The van der Waals surface area contributed by atoms with E-state index in [-0.39, 0.29) is 11.2 Å². The van der Waals surface area contributed by atoms with Crippen LogP contribution in [0.3, 0.4) is 0 Å². The lowest BCUT2D eigenvalue weighted by molar-refractivity contribution is 0.0724. The minimum Gasteiger partial charge on any atom is -0.396 e. The van der Waals surface area contributed by atoms with E-state index in [9.17, 15) is 13.2 Å². The minimum atomic E-state index is -3.30. The van der Waals surface area contributed by atoms with Gasteiger partial charge in [0.15, 0.2) is 0 Å². The van der Waals surface area contributed by atoms with E-state index in [1.165, 1.54) is 12.8 Å². The molecular weight excluding hydrogens is 460 g/mol. The molecule has 0 spiro atoms. The molecule has 2 saturated carbocycles. The molecule has 0 bridgehead atoms. The van der Waals surface area contributed by atoms with Gasteiger partial charge in [-0.15, -0.1) is 0 Å². The number of fused-ring (bicyclic) bond motifs is 1. The Hall–Kier alpha value is -3.00. The molecule has 8 heteroatoms. The van der Waals surface area contributed by atoms with Gasteiger partial charge in [-0.1, -0.05) is 12.1 Å². The summed E-state index contributed by atoms with van der Waals surface area (Å²) in [6.45, 7) is 1.65. The van der Waals surface area contributed by atoms with Crippen LogP contribution in [0.15, 0.2) is 42.5 Å². The van der Waals surface area contributed by atoms with Crippen LogP contribution >= 0.6 is 0 Å². The molecule has 184 valence electrons. The fourth-order valence-corrected chi connectivity index (χ4v) is 6.78. The number of hydrogen-bond acceptors (Lipinski definition) is 4. The molecule has 0 unspecified atom stereocenters. The zero-order chi connectivity index (χ0) is 24.2. The summed E-state index contributed by atoms with van der Waals surface area (Å²) >= 11 is 0. The molecule has 2 heterocycles. The first-order valence-corrected chi connectivity index (χ1v) is 14.3. The fourth-order valence-electron chi connectivity index (χ4n) is 5.39. The first kappa shape index (κ1) is 22.5. The number of carbonyl (C=O) groups excluding carboxylic acids is 1. The zero-order valence-corrected chi connectivity index (χ0v) is 20.7. The molecule has 2 aromatic carbocycles. The van der Waals surface area contributed by atoms with E-state index in [0.29, 0.717) is 23.0 Å². The Morgan fingerprint density at radius 3 is 2.26 bits per heavy atom. The van der Waals surface area contributed by atoms with E-state index in [1.807, 2.05) is 47.4 Å². The third kappa shape index (κ3) is 4.07. The molecule has 2 aliphatic carbocycles. The minimum absolute atomic E-state index is 0.0976. The summed E-state index contributed by atoms with van der Waals surface area (Å²) < 4.78 is 29.6. The largest absolute Gasteiger partial charge is 0.396 e. The molecule has 3 N–H and O–H groups in total. The normalized spacial score (nSPS) is 19.0. The molecule has 3 aliphatic rings. The number of nitrogens with one attached hydrogen (secondary N) is 1. The molecule has 3 aromatic rings. The first-order valence-electron chi connectivity index (χ1n) is 12.8. The number of nitrogens with zero attached hydrogens (tertiary/aromatic N) is 2. The van der Waals surface area contributed by atoms with Crippen LogP contribution in [0.2, 0.25) is 0 Å². The van der Waals surface area contributed by atoms with Crippen molar-refractivity contribution >= 4 is 38.2 Å². The Bertz CT molecular complexity index is 1380. The second-order valence-corrected chi connectivity index (χ2v) is 12.2. The SMILES string of the molecule is Nc1c(-c2ccc(NS(=O)(=O)C3CC3)cc2)n(C2CCC2)c2cc(C(=O)N3CCCCC3)ccc12. The third-order valence-electron chi connectivity index (χ3n) is 7.76. The van der Waals surface area contributed by atoms with Gasteiger partial charge in [0.2, 0.25) is 10.0 Å². The van der Waals surface area contributed by atoms with Crippen molar-refractivity contribution in [2.75, 3.05) is 23.5 Å². The number of nitrogens with two attached hydrogens (primary N) is 1. The lowest BCUT2D eigenvalue weighted by Gasteiger charge is -2.30. The standard InChI is InChI=1S/C27H32N4O3S/c28-25-23-14-9-19(27(32)30-15-2-1-3-16-30)17-24(23)31(21-5-4-6-21)26(25)18-7-10-20(11-8-18)29-35(33,34)22-12-13-22/h7-11,14,17,21-22,29H,1-6,12-13,15-16,28H2. The average molecular weight is 493 g/mol. The first-order chi connectivity index (χ1) is 16.9. The maximum Gasteiger partial charge on any atom is 0.253 e. The van der Waals surface area contributed by atoms with Gasteiger partial charge in [-0.3, -0.25) is 9.52 Å². The lowest BCUT2D eigenvalue weighted by Crippen LogP contribution is -2.35. The van der Waals surface area contributed by atoms with Crippen molar-refractivity contribution in [1.29, 1.82) is 0 Å². The molecule has 3 fully saturated rings. The predicted octanol–water partition coefficient (Wildman–Crippen LogP) is 5.15. The van der Waals surface area contributed by atoms with Crippen molar-refractivity contribution in [2.45, 2.75) is 62.7 Å². The van der Waals surface area contributed by atoms with Crippen LogP contribution in [0, 0.1) is 0 Å². The highest BCUT2D eigenvalue weighted by Crippen LogP contribution is 2.44. The highest BCUT2D eigenvalue weighted by atomic mass is 32.2. The molecule has 1 aromatic heterocycles. The Balaban J connectivity index is 1.38. The van der Waals surface area contributed by atoms with Gasteiger partial charge in [0.25, 0.3) is 5.91 Å². The Labute approximate surface area is 206 Å². The summed E-state index contributed by atoms with van der Waals surface area (Å²) in [6.07, 6.45) is 8.12. The number of rotatable bonds is 6. The topological polar surface area (TPSA) is 97.4 Å². The number of hydrogen-bond donors (Lipinski definition) is 2. The number of aromatic nitrogens is 1. The van der Waals surface area contributed by atoms with E-state index in [4.69, 9.17) is 5.73 Å². The summed E-state index contributed by atoms with van der Waals surface area (Å²) in [5.41, 5.74) is 11.6. The van der Waals surface area contributed by atoms with E-state index in [1.54, 1.807) is 0 Å². The van der Waals surface area contributed by atoms with Gasteiger partial charge >= 0.3 is 0 Å². The second-order valence-electron chi connectivity index (χ2n) is 10.2. The number of carbonyl (C=O) groups is 1. The molecule has 1 aliphatic heterocycles. The monoisotopic (exact) mass is 492 g/mol. The summed E-state index contributed by atoms with van der Waals surface area (Å²) in [5, 5.41) is 0.696. The summed E-state index contributed by atoms with van der Waals surface area (Å²) in [6, 6.07) is 13.7. The lowest BCUT2D eigenvalue weighted by atomic mass is 9.92. The molecular formula is C27H32N4O3S. The van der Waals surface area contributed by atoms with Gasteiger partial charge in [-0.2, -0.15) is 0 Å². The van der Waals surface area contributed by atoms with Gasteiger partial charge in [0.05, 0.1) is 22.1 Å². The number of piperidine rings is 1. The summed E-state index contributed by atoms with van der Waals surface area (Å²) in [4.78, 5) is 15.2. The van der Waals surface area contributed by atoms with Crippen LogP contribution in [0.1, 0.15) is 67.8 Å². The smallest absolute Gasteiger partial charge is 0.253 e. The van der Waals surface area contributed by atoms with E-state index in [2.05, 4.69) is 9.29 Å². The van der Waals surface area contributed by atoms with Gasteiger partial charge in [0, 0.05) is 41.3 Å². The highest BCUT2D eigenvalue weighted by molar-refractivity contribution is 7.93. The molecule has 35 heavy (non-hydrogen) atoms. The fraction of sp³-hybridized carbons (Fsp3) is 0.444. The van der Waals surface area contributed by atoms with E-state index < -0.39 is 10.0 Å². The Kier molecular flexibility index (Phi) is 5.51. The van der Waals surface area contributed by atoms with Gasteiger partial charge in [0.1, 0.15) is 0 Å². The molecule has 0 atom stereocenters. The zero-order valence-electron chi connectivity index (χ0n) is 19.9. The van der Waals surface area contributed by atoms with E-state index in [0.717, 1.165) is 73.8 Å². The quantitative estimate of drug-likeness (QED) is 0.497. The van der Waals surface area contributed by atoms with Gasteiger partial charge < -0.3 is 15.2 Å². The Morgan fingerprint density at radius 1 is 0.914 bits per heavy atom. The highest BCUT2D eigenvalue weighted by Gasteiger charge is 2.35. The van der Waals surface area contributed by atoms with Gasteiger partial charge in [-0.25, -0.2) is 8.42 Å². The molecule has 7 nitrogen and oxygen atoms in total. The van der Waals surface area contributed by atoms with Crippen LogP contribution in [-0.2, 0) is 10.0 Å². The summed E-state index contributed by atoms with van der Waals surface area (Å²) in [7, 11) is -3.30. The maximum absolute atomic E-state index is 13.2. The second kappa shape index (κ2) is 8.59. The number of nitrogen functional groups attached to an aromatic ring is 1. The van der Waals surface area contributed by atoms with Crippen LogP contribution in [0.25, 0.3) is 22.2 Å². The molecule has 1 saturated heterocycles. The number of amides is 1. The predicted molar refractivity (Wildman–Crippen MR) is 140 cm³/mol. The average Bonchev–Trinajstić information content (AvgIpc) is 3.66. The number of likely N-dealkylation sites (tertiary alicyclic amines) is 1. The number of benzene rings is 2. The van der Waals surface area contributed by atoms with Crippen LogP contribution in [0.5, 0.6) is 0 Å². The van der Waals surface area contributed by atoms with Crippen LogP contribution in [0.4, 0.5) is 11.4 Å². The van der Waals surface area contributed by atoms with Crippen LogP contribution in [-0.4, -0.2) is 42.1 Å². The van der Waals surface area contributed by atoms with Crippen molar-refractivity contribution in [3.63, 3.8) is 0 Å². The third-order valence-corrected chi connectivity index (χ3v) is 9.62. The number of anilines is 2. The van der Waals surface area contributed by atoms with Gasteiger partial charge in [-0.05, 0) is 81.7 Å². The van der Waals surface area contributed by atoms with Crippen molar-refractivity contribution < 1.29 is 13.2 Å². The molecule has 1 amide bonds. The maximum atomic E-state index is 13.2. The van der Waals surface area contributed by atoms with Crippen molar-refractivity contribution in [3.8, 4) is 11.3 Å². The van der Waals surface area contributed by atoms with Crippen molar-refractivity contribution in [1.82, 2.24) is 9.47 Å². The molecule has 0 radical (unpaired) electrons. The van der Waals surface area contributed by atoms with Crippen molar-refractivity contribution in [3.05, 3.63) is 48.0 Å². The summed E-state index contributed by atoms with van der Waals surface area (Å²) in [5.74, 6) is 0.0976. The van der Waals surface area contributed by atoms with Crippen LogP contribution < -0.4 is 10.5 Å². The van der Waals surface area contributed by atoms with E-state index >= 15 is 0 Å². The van der Waals surface area contributed by atoms with Crippen molar-refractivity contribution in [2.24, 2.45) is 0 Å². The molecule has 6 rings (SSSR count).